The molecule has 3 rings (SSSR count). The van der Waals surface area contributed by atoms with Gasteiger partial charge in [-0.2, -0.15) is 0 Å². The molecule has 0 amide bonds. The van der Waals surface area contributed by atoms with E-state index >= 15 is 0 Å². The molecule has 0 N–H and O–H groups in total. The monoisotopic (exact) mass is 341 g/mol. The summed E-state index contributed by atoms with van der Waals surface area (Å²) in [5.74, 6) is 0. The van der Waals surface area contributed by atoms with E-state index in [2.05, 4.69) is 75.9 Å². The summed E-state index contributed by atoms with van der Waals surface area (Å²) in [4.78, 5) is 13.1. The van der Waals surface area contributed by atoms with Gasteiger partial charge in [-0.25, -0.2) is 9.97 Å². The van der Waals surface area contributed by atoms with Crippen LogP contribution in [0.1, 0.15) is 26.3 Å². The zero-order chi connectivity index (χ0) is 15.0. The Morgan fingerprint density at radius 2 is 1.67 bits per heavy atom. The average Bonchev–Trinajstić information content (AvgIpc) is 2.45. The molecule has 0 aliphatic heterocycles. The van der Waals surface area contributed by atoms with Crippen LogP contribution < -0.4 is 0 Å². The summed E-state index contributed by atoms with van der Waals surface area (Å²) in [7, 11) is 0. The van der Waals surface area contributed by atoms with Crippen molar-refractivity contribution in [2.75, 3.05) is 0 Å². The Morgan fingerprint density at radius 1 is 0.952 bits per heavy atom. The van der Waals surface area contributed by atoms with Crippen molar-refractivity contribution < 1.29 is 0 Å². The molecule has 0 unspecified atom stereocenters. The van der Waals surface area contributed by atoms with Crippen LogP contribution in [0.15, 0.2) is 47.3 Å². The topological polar surface area (TPSA) is 38.7 Å². The van der Waals surface area contributed by atoms with Crippen molar-refractivity contribution in [2.24, 2.45) is 0 Å². The predicted molar refractivity (Wildman–Crippen MR) is 89.2 cm³/mol. The molecule has 21 heavy (non-hydrogen) atoms. The Balaban J connectivity index is 2.12. The van der Waals surface area contributed by atoms with Gasteiger partial charge in [-0.15, -0.1) is 0 Å². The van der Waals surface area contributed by atoms with E-state index in [1.807, 2.05) is 6.07 Å². The molecule has 0 aliphatic rings. The minimum absolute atomic E-state index is 0.148. The van der Waals surface area contributed by atoms with Crippen molar-refractivity contribution >= 4 is 27.0 Å². The standard InChI is InChI=1S/C17H16BrN3/c1-17(2,3)12-6-4-11(5-7-12)15-16-14(20-10-21-15)8-13(18)9-19-16/h4-10H,1-3H3. The normalized spacial score (nSPS) is 11.8. The zero-order valence-corrected chi connectivity index (χ0v) is 13.8. The second-order valence-corrected chi connectivity index (χ2v) is 6.99. The molecule has 106 valence electrons. The van der Waals surface area contributed by atoms with Gasteiger partial charge in [0.25, 0.3) is 0 Å². The SMILES string of the molecule is CC(C)(C)c1ccc(-c2ncnc3cc(Br)cnc23)cc1. The van der Waals surface area contributed by atoms with E-state index in [-0.39, 0.29) is 5.41 Å². The van der Waals surface area contributed by atoms with Gasteiger partial charge in [0, 0.05) is 16.2 Å². The van der Waals surface area contributed by atoms with E-state index in [1.54, 1.807) is 12.5 Å². The van der Waals surface area contributed by atoms with Crippen molar-refractivity contribution in [1.82, 2.24) is 15.0 Å². The first kappa shape index (κ1) is 14.1. The van der Waals surface area contributed by atoms with Gasteiger partial charge in [0.15, 0.2) is 0 Å². The second kappa shape index (κ2) is 5.19. The third-order valence-electron chi connectivity index (χ3n) is 3.47. The van der Waals surface area contributed by atoms with E-state index < -0.39 is 0 Å². The van der Waals surface area contributed by atoms with Crippen LogP contribution in [0.3, 0.4) is 0 Å². The summed E-state index contributed by atoms with van der Waals surface area (Å²) in [5, 5.41) is 0. The fourth-order valence-electron chi connectivity index (χ4n) is 2.26. The second-order valence-electron chi connectivity index (χ2n) is 6.07. The molecular formula is C17H16BrN3. The molecule has 3 nitrogen and oxygen atoms in total. The molecule has 3 aromatic rings. The minimum atomic E-state index is 0.148. The van der Waals surface area contributed by atoms with Crippen LogP contribution in [-0.2, 0) is 5.41 Å². The number of hydrogen-bond donors (Lipinski definition) is 0. The number of nitrogens with zero attached hydrogens (tertiary/aromatic N) is 3. The van der Waals surface area contributed by atoms with Crippen molar-refractivity contribution in [3.05, 3.63) is 52.9 Å². The Labute approximate surface area is 132 Å². The first-order valence-electron chi connectivity index (χ1n) is 6.82. The maximum absolute atomic E-state index is 4.46. The van der Waals surface area contributed by atoms with Gasteiger partial charge in [0.1, 0.15) is 11.8 Å². The molecule has 0 saturated carbocycles. The highest BCUT2D eigenvalue weighted by atomic mass is 79.9. The first-order chi connectivity index (χ1) is 9.95. The summed E-state index contributed by atoms with van der Waals surface area (Å²) in [6, 6.07) is 10.5. The summed E-state index contributed by atoms with van der Waals surface area (Å²) in [6.45, 7) is 6.63. The maximum Gasteiger partial charge on any atom is 0.116 e. The van der Waals surface area contributed by atoms with Crippen molar-refractivity contribution in [1.29, 1.82) is 0 Å². The summed E-state index contributed by atoms with van der Waals surface area (Å²) in [5.41, 5.74) is 5.05. The van der Waals surface area contributed by atoms with Crippen LogP contribution in [0.4, 0.5) is 0 Å². The first-order valence-corrected chi connectivity index (χ1v) is 7.61. The largest absolute Gasteiger partial charge is 0.251 e. The van der Waals surface area contributed by atoms with E-state index in [0.717, 1.165) is 26.8 Å². The average molecular weight is 342 g/mol. The van der Waals surface area contributed by atoms with E-state index in [0.29, 0.717) is 0 Å². The number of fused-ring (bicyclic) bond motifs is 1. The van der Waals surface area contributed by atoms with Crippen LogP contribution in [0.5, 0.6) is 0 Å². The number of pyridine rings is 1. The van der Waals surface area contributed by atoms with Crippen LogP contribution in [0.2, 0.25) is 0 Å². The Kier molecular flexibility index (Phi) is 3.49. The molecule has 0 spiro atoms. The Bertz CT molecular complexity index is 789. The fraction of sp³-hybridized carbons (Fsp3) is 0.235. The number of benzene rings is 1. The van der Waals surface area contributed by atoms with Gasteiger partial charge in [0.2, 0.25) is 0 Å². The highest BCUT2D eigenvalue weighted by Gasteiger charge is 2.14. The number of hydrogen-bond acceptors (Lipinski definition) is 3. The molecule has 0 radical (unpaired) electrons. The third kappa shape index (κ3) is 2.81. The molecule has 0 bridgehead atoms. The lowest BCUT2D eigenvalue weighted by Crippen LogP contribution is -2.10. The van der Waals surface area contributed by atoms with Gasteiger partial charge >= 0.3 is 0 Å². The number of rotatable bonds is 1. The lowest BCUT2D eigenvalue weighted by molar-refractivity contribution is 0.590. The van der Waals surface area contributed by atoms with Crippen LogP contribution in [0, 0.1) is 0 Å². The van der Waals surface area contributed by atoms with Gasteiger partial charge in [-0.3, -0.25) is 4.98 Å². The van der Waals surface area contributed by atoms with Gasteiger partial charge in [-0.05, 0) is 33.0 Å². The maximum atomic E-state index is 4.46. The van der Waals surface area contributed by atoms with Crippen LogP contribution in [-0.4, -0.2) is 15.0 Å². The fourth-order valence-corrected chi connectivity index (χ4v) is 2.58. The predicted octanol–water partition coefficient (Wildman–Crippen LogP) is 4.75. The molecule has 0 atom stereocenters. The van der Waals surface area contributed by atoms with Crippen LogP contribution >= 0.6 is 15.9 Å². The highest BCUT2D eigenvalue weighted by Crippen LogP contribution is 2.28. The molecule has 2 heterocycles. The van der Waals surface area contributed by atoms with Gasteiger partial charge < -0.3 is 0 Å². The Morgan fingerprint density at radius 3 is 2.33 bits per heavy atom. The van der Waals surface area contributed by atoms with E-state index in [4.69, 9.17) is 0 Å². The van der Waals surface area contributed by atoms with Crippen molar-refractivity contribution in [3.63, 3.8) is 0 Å². The van der Waals surface area contributed by atoms with Crippen LogP contribution in [0.25, 0.3) is 22.3 Å². The smallest absolute Gasteiger partial charge is 0.116 e. The van der Waals surface area contributed by atoms with Crippen molar-refractivity contribution in [3.8, 4) is 11.3 Å². The lowest BCUT2D eigenvalue weighted by Gasteiger charge is -2.19. The number of aromatic nitrogens is 3. The van der Waals surface area contributed by atoms with E-state index in [9.17, 15) is 0 Å². The highest BCUT2D eigenvalue weighted by molar-refractivity contribution is 9.10. The summed E-state index contributed by atoms with van der Waals surface area (Å²) in [6.07, 6.45) is 3.36. The summed E-state index contributed by atoms with van der Waals surface area (Å²) < 4.78 is 0.919. The van der Waals surface area contributed by atoms with E-state index in [1.165, 1.54) is 5.56 Å². The van der Waals surface area contributed by atoms with Crippen molar-refractivity contribution in [2.45, 2.75) is 26.2 Å². The molecule has 0 saturated heterocycles. The summed E-state index contributed by atoms with van der Waals surface area (Å²) >= 11 is 3.42. The molecule has 0 fully saturated rings. The zero-order valence-electron chi connectivity index (χ0n) is 12.3. The third-order valence-corrected chi connectivity index (χ3v) is 3.90. The molecule has 2 aromatic heterocycles. The molecule has 1 aromatic carbocycles. The molecular weight excluding hydrogens is 326 g/mol. The van der Waals surface area contributed by atoms with Gasteiger partial charge in [-0.1, -0.05) is 45.0 Å². The molecule has 0 aliphatic carbocycles. The molecule has 4 heteroatoms. The Hall–Kier alpha value is -1.81. The number of halogens is 1. The van der Waals surface area contributed by atoms with Gasteiger partial charge in [0.05, 0.1) is 11.2 Å². The quantitative estimate of drug-likeness (QED) is 0.640. The minimum Gasteiger partial charge on any atom is -0.251 e. The lowest BCUT2D eigenvalue weighted by atomic mass is 9.86.